The summed E-state index contributed by atoms with van der Waals surface area (Å²) in [5.41, 5.74) is 3.04. The van der Waals surface area contributed by atoms with Crippen LogP contribution in [0.25, 0.3) is 22.0 Å². The van der Waals surface area contributed by atoms with E-state index in [1.54, 1.807) is 0 Å². The molecule has 0 aliphatic carbocycles. The molecule has 0 saturated carbocycles. The molecule has 0 aliphatic heterocycles. The molecule has 0 saturated heterocycles. The van der Waals surface area contributed by atoms with E-state index in [0.29, 0.717) is 21.7 Å². The van der Waals surface area contributed by atoms with Crippen molar-refractivity contribution in [3.63, 3.8) is 0 Å². The minimum Gasteiger partial charge on any atom is -0.862 e. The Balaban J connectivity index is 1.57. The fourth-order valence-electron chi connectivity index (χ4n) is 2.46. The van der Waals surface area contributed by atoms with Gasteiger partial charge in [-0.3, -0.25) is 9.51 Å². The lowest BCUT2D eigenvalue weighted by molar-refractivity contribution is -0.215. The van der Waals surface area contributed by atoms with Gasteiger partial charge in [0.2, 0.25) is 5.13 Å². The van der Waals surface area contributed by atoms with E-state index in [0.717, 1.165) is 22.0 Å². The maximum atomic E-state index is 11.2. The van der Waals surface area contributed by atoms with Crippen molar-refractivity contribution in [1.29, 1.82) is 0 Å². The third-order valence-corrected chi connectivity index (χ3v) is 5.43. The number of aromatic nitrogens is 4. The molecule has 0 amide bonds. The van der Waals surface area contributed by atoms with Crippen LogP contribution in [0.3, 0.4) is 0 Å². The number of aliphatic imine (C=N–C) groups is 1. The Morgan fingerprint density at radius 1 is 1.36 bits per heavy atom. The summed E-state index contributed by atoms with van der Waals surface area (Å²) < 4.78 is 4.54. The predicted molar refractivity (Wildman–Crippen MR) is 107 cm³/mol. The van der Waals surface area contributed by atoms with Gasteiger partial charge in [0.1, 0.15) is 0 Å². The highest BCUT2D eigenvalue weighted by molar-refractivity contribution is 7.19. The van der Waals surface area contributed by atoms with Gasteiger partial charge in [0.05, 0.1) is 16.3 Å². The molecule has 3 aromatic heterocycles. The van der Waals surface area contributed by atoms with Gasteiger partial charge in [-0.1, -0.05) is 28.6 Å². The minimum atomic E-state index is -0.603. The van der Waals surface area contributed by atoms with Gasteiger partial charge >= 0.3 is 5.76 Å². The number of anilines is 2. The first-order chi connectivity index (χ1) is 13.5. The Morgan fingerprint density at radius 3 is 2.96 bits per heavy atom. The molecule has 0 bridgehead atoms. The molecule has 0 aliphatic rings. The zero-order valence-corrected chi connectivity index (χ0v) is 16.3. The summed E-state index contributed by atoms with van der Waals surface area (Å²) in [7, 11) is 0. The van der Waals surface area contributed by atoms with Crippen molar-refractivity contribution in [2.75, 3.05) is 5.32 Å². The van der Waals surface area contributed by atoms with Crippen molar-refractivity contribution in [2.45, 2.75) is 13.8 Å². The SMILES string of the molecule is C/C([O-])=N/c1nc(C)c(-c2csc(Nc3cccc(-c4noc(=O)[nH]4)c3)n2)s1. The molecule has 4 aromatic rings. The Kier molecular flexibility index (Phi) is 4.75. The quantitative estimate of drug-likeness (QED) is 0.379. The summed E-state index contributed by atoms with van der Waals surface area (Å²) in [5, 5.41) is 21.1. The smallest absolute Gasteiger partial charge is 0.439 e. The lowest BCUT2D eigenvalue weighted by Gasteiger charge is -2.03. The van der Waals surface area contributed by atoms with E-state index in [1.807, 2.05) is 36.6 Å². The number of aromatic amines is 1. The summed E-state index contributed by atoms with van der Waals surface area (Å²) >= 11 is 2.77. The van der Waals surface area contributed by atoms with Gasteiger partial charge < -0.3 is 10.4 Å². The van der Waals surface area contributed by atoms with Crippen LogP contribution in [0.1, 0.15) is 12.6 Å². The Morgan fingerprint density at radius 2 is 2.21 bits per heavy atom. The van der Waals surface area contributed by atoms with Crippen LogP contribution in [-0.4, -0.2) is 26.0 Å². The summed E-state index contributed by atoms with van der Waals surface area (Å²) in [4.78, 5) is 27.3. The number of benzene rings is 1. The van der Waals surface area contributed by atoms with Crippen LogP contribution in [0.15, 0.2) is 44.0 Å². The molecule has 0 atom stereocenters. The molecule has 0 spiro atoms. The Hall–Kier alpha value is -3.31. The zero-order valence-electron chi connectivity index (χ0n) is 14.7. The van der Waals surface area contributed by atoms with Crippen LogP contribution in [0.5, 0.6) is 0 Å². The van der Waals surface area contributed by atoms with Gasteiger partial charge in [-0.05, 0) is 31.9 Å². The number of H-pyrrole nitrogens is 1. The van der Waals surface area contributed by atoms with E-state index < -0.39 is 5.76 Å². The van der Waals surface area contributed by atoms with Gasteiger partial charge in [0.25, 0.3) is 0 Å². The van der Waals surface area contributed by atoms with Crippen molar-refractivity contribution in [2.24, 2.45) is 4.99 Å². The highest BCUT2D eigenvalue weighted by Crippen LogP contribution is 2.36. The fraction of sp³-hybridized carbons (Fsp3) is 0.118. The van der Waals surface area contributed by atoms with Gasteiger partial charge in [-0.25, -0.2) is 19.8 Å². The average molecular weight is 413 g/mol. The van der Waals surface area contributed by atoms with E-state index in [9.17, 15) is 9.90 Å². The zero-order chi connectivity index (χ0) is 19.7. The monoisotopic (exact) mass is 413 g/mol. The van der Waals surface area contributed by atoms with Crippen LogP contribution >= 0.6 is 22.7 Å². The van der Waals surface area contributed by atoms with Gasteiger partial charge in [-0.15, -0.1) is 11.3 Å². The summed E-state index contributed by atoms with van der Waals surface area (Å²) in [6, 6.07) is 7.36. The summed E-state index contributed by atoms with van der Waals surface area (Å²) in [5.74, 6) is -0.529. The molecule has 9 nitrogen and oxygen atoms in total. The van der Waals surface area contributed by atoms with E-state index in [-0.39, 0.29) is 5.90 Å². The second-order valence-electron chi connectivity index (χ2n) is 5.73. The molecule has 2 N–H and O–H groups in total. The first kappa shape index (κ1) is 18.1. The third-order valence-electron chi connectivity index (χ3n) is 3.60. The molecule has 4 rings (SSSR count). The van der Waals surface area contributed by atoms with E-state index in [2.05, 4.69) is 34.9 Å². The highest BCUT2D eigenvalue weighted by atomic mass is 32.1. The molecule has 3 heterocycles. The molecule has 0 unspecified atom stereocenters. The van der Waals surface area contributed by atoms with Gasteiger partial charge in [-0.2, -0.15) is 0 Å². The molecular formula is C17H13N6O3S2-. The maximum absolute atomic E-state index is 11.2. The largest absolute Gasteiger partial charge is 0.862 e. The van der Waals surface area contributed by atoms with Crippen LogP contribution in [0, 0.1) is 6.92 Å². The Bertz CT molecular complexity index is 1220. The van der Waals surface area contributed by atoms with Crippen molar-refractivity contribution in [3.05, 3.63) is 45.9 Å². The summed E-state index contributed by atoms with van der Waals surface area (Å²) in [6.07, 6.45) is 0. The van der Waals surface area contributed by atoms with Crippen LogP contribution in [-0.2, 0) is 0 Å². The maximum Gasteiger partial charge on any atom is 0.439 e. The number of nitrogens with zero attached hydrogens (tertiary/aromatic N) is 4. The number of thiazole rings is 2. The second-order valence-corrected chi connectivity index (χ2v) is 7.56. The van der Waals surface area contributed by atoms with Crippen LogP contribution in [0.4, 0.5) is 16.0 Å². The third kappa shape index (κ3) is 3.85. The van der Waals surface area contributed by atoms with E-state index in [4.69, 9.17) is 0 Å². The standard InChI is InChI=1S/C17H14N6O3S2/c1-8-13(28-16(18-8)19-9(2)24)12-7-27-15(21-12)20-11-5-3-4-10(6-11)14-22-17(25)26-23-14/h3-7H,1-2H3,(H,20,21)(H,18,19,24)(H,22,23,25)/p-1. The molecule has 0 radical (unpaired) electrons. The molecule has 0 fully saturated rings. The number of hydrogen-bond acceptors (Lipinski definition) is 10. The highest BCUT2D eigenvalue weighted by Gasteiger charge is 2.13. The number of rotatable bonds is 5. The lowest BCUT2D eigenvalue weighted by atomic mass is 10.2. The minimum absolute atomic E-state index is 0.283. The topological polar surface area (TPSA) is 132 Å². The first-order valence-electron chi connectivity index (χ1n) is 8.07. The Labute approximate surface area is 166 Å². The molecule has 28 heavy (non-hydrogen) atoms. The molecule has 1 aromatic carbocycles. The van der Waals surface area contributed by atoms with Crippen molar-refractivity contribution in [1.82, 2.24) is 20.1 Å². The number of nitrogens with one attached hydrogen (secondary N) is 2. The average Bonchev–Trinajstić information content (AvgIpc) is 3.35. The van der Waals surface area contributed by atoms with Crippen molar-refractivity contribution in [3.8, 4) is 22.0 Å². The molecule has 142 valence electrons. The number of aryl methyl sites for hydroxylation is 1. The molecular weight excluding hydrogens is 400 g/mol. The van der Waals surface area contributed by atoms with Crippen LogP contribution < -0.4 is 16.2 Å². The van der Waals surface area contributed by atoms with E-state index >= 15 is 0 Å². The van der Waals surface area contributed by atoms with Crippen LogP contribution in [0.2, 0.25) is 0 Å². The molecule has 11 heteroatoms. The normalized spacial score (nSPS) is 11.7. The first-order valence-corrected chi connectivity index (χ1v) is 9.76. The van der Waals surface area contributed by atoms with Gasteiger partial charge in [0, 0.05) is 16.6 Å². The summed E-state index contributed by atoms with van der Waals surface area (Å²) in [6.45, 7) is 3.25. The lowest BCUT2D eigenvalue weighted by Crippen LogP contribution is -2.10. The van der Waals surface area contributed by atoms with Gasteiger partial charge in [0.15, 0.2) is 11.0 Å². The van der Waals surface area contributed by atoms with E-state index in [1.165, 1.54) is 29.6 Å². The van der Waals surface area contributed by atoms with Crippen molar-refractivity contribution < 1.29 is 9.63 Å². The fourth-order valence-corrected chi connectivity index (χ4v) is 4.20. The second kappa shape index (κ2) is 7.37. The number of hydrogen-bond donors (Lipinski definition) is 2. The van der Waals surface area contributed by atoms with Crippen molar-refractivity contribution >= 4 is 44.5 Å². The predicted octanol–water partition coefficient (Wildman–Crippen LogP) is 3.07.